The van der Waals surface area contributed by atoms with Crippen LogP contribution in [0.2, 0.25) is 0 Å². The fourth-order valence-corrected chi connectivity index (χ4v) is 1.89. The Hall–Kier alpha value is -0.650. The largest absolute Gasteiger partial charge is 0.480 e. The lowest BCUT2D eigenvalue weighted by Crippen LogP contribution is -2.42. The number of hydrogen-bond acceptors (Lipinski definition) is 4. The highest BCUT2D eigenvalue weighted by atomic mass is 16.5. The second-order valence-electron chi connectivity index (χ2n) is 4.12. The van der Waals surface area contributed by atoms with E-state index in [9.17, 15) is 4.79 Å². The summed E-state index contributed by atoms with van der Waals surface area (Å²) in [6.07, 6.45) is 0.996. The minimum absolute atomic E-state index is 0.151. The molecule has 0 spiro atoms. The van der Waals surface area contributed by atoms with Gasteiger partial charge in [0, 0.05) is 26.2 Å². The van der Waals surface area contributed by atoms with Crippen LogP contribution in [0.3, 0.4) is 0 Å². The van der Waals surface area contributed by atoms with E-state index >= 15 is 0 Å². The Morgan fingerprint density at radius 1 is 1.38 bits per heavy atom. The fourth-order valence-electron chi connectivity index (χ4n) is 1.89. The molecule has 0 aliphatic carbocycles. The van der Waals surface area contributed by atoms with Gasteiger partial charge in [0.2, 0.25) is 0 Å². The van der Waals surface area contributed by atoms with Gasteiger partial charge in [-0.25, -0.2) is 0 Å². The molecule has 5 nitrogen and oxygen atoms in total. The molecular weight excluding hydrogens is 208 g/mol. The molecule has 16 heavy (non-hydrogen) atoms. The van der Waals surface area contributed by atoms with E-state index in [1.807, 2.05) is 4.90 Å². The zero-order valence-corrected chi connectivity index (χ0v) is 10.0. The Bertz CT molecular complexity index is 205. The summed E-state index contributed by atoms with van der Waals surface area (Å²) in [5.74, 6) is -0.740. The zero-order chi connectivity index (χ0) is 11.8. The van der Waals surface area contributed by atoms with E-state index in [1.165, 1.54) is 0 Å². The van der Waals surface area contributed by atoms with Crippen LogP contribution in [0.15, 0.2) is 0 Å². The van der Waals surface area contributed by atoms with Crippen molar-refractivity contribution in [3.63, 3.8) is 0 Å². The molecule has 1 fully saturated rings. The van der Waals surface area contributed by atoms with Gasteiger partial charge >= 0.3 is 5.97 Å². The van der Waals surface area contributed by atoms with Crippen molar-refractivity contribution in [1.82, 2.24) is 9.80 Å². The smallest absolute Gasteiger partial charge is 0.317 e. The summed E-state index contributed by atoms with van der Waals surface area (Å²) in [6, 6.07) is 0. The fraction of sp³-hybridized carbons (Fsp3) is 0.909. The first-order valence-corrected chi connectivity index (χ1v) is 5.96. The van der Waals surface area contributed by atoms with Crippen molar-refractivity contribution in [2.75, 3.05) is 52.5 Å². The Balaban J connectivity index is 2.21. The minimum atomic E-state index is -0.740. The molecule has 0 saturated carbocycles. The summed E-state index contributed by atoms with van der Waals surface area (Å²) < 4.78 is 5.27. The average Bonchev–Trinajstić information content (AvgIpc) is 2.27. The molecule has 1 heterocycles. The first kappa shape index (κ1) is 13.4. The van der Waals surface area contributed by atoms with Gasteiger partial charge in [-0.05, 0) is 13.0 Å². The van der Waals surface area contributed by atoms with Crippen LogP contribution in [0.1, 0.15) is 13.3 Å². The second-order valence-corrected chi connectivity index (χ2v) is 4.12. The Morgan fingerprint density at radius 2 is 2.06 bits per heavy atom. The molecule has 1 rings (SSSR count). The molecule has 0 atom stereocenters. The second kappa shape index (κ2) is 7.60. The van der Waals surface area contributed by atoms with Gasteiger partial charge in [-0.1, -0.05) is 6.92 Å². The molecule has 0 bridgehead atoms. The van der Waals surface area contributed by atoms with Gasteiger partial charge in [0.25, 0.3) is 0 Å². The van der Waals surface area contributed by atoms with E-state index < -0.39 is 5.97 Å². The Labute approximate surface area is 97.0 Å². The summed E-state index contributed by atoms with van der Waals surface area (Å²) in [7, 11) is 0. The number of ether oxygens (including phenoxy) is 1. The highest BCUT2D eigenvalue weighted by molar-refractivity contribution is 5.69. The minimum Gasteiger partial charge on any atom is -0.480 e. The number of aliphatic carboxylic acids is 1. The van der Waals surface area contributed by atoms with Crippen LogP contribution in [0.4, 0.5) is 0 Å². The van der Waals surface area contributed by atoms with Crippen LogP contribution < -0.4 is 0 Å². The third-order valence-electron chi connectivity index (χ3n) is 2.73. The number of rotatable bonds is 7. The first-order chi connectivity index (χ1) is 7.72. The van der Waals surface area contributed by atoms with Gasteiger partial charge < -0.3 is 9.84 Å². The molecular formula is C11H22N2O3. The number of carboxylic acid groups (broad SMARTS) is 1. The molecule has 1 saturated heterocycles. The van der Waals surface area contributed by atoms with Gasteiger partial charge in [0.1, 0.15) is 0 Å². The van der Waals surface area contributed by atoms with E-state index in [0.717, 1.165) is 52.4 Å². The quantitative estimate of drug-likeness (QED) is 0.673. The van der Waals surface area contributed by atoms with Crippen molar-refractivity contribution in [2.45, 2.75) is 13.3 Å². The van der Waals surface area contributed by atoms with Crippen LogP contribution in [0, 0.1) is 0 Å². The monoisotopic (exact) mass is 230 g/mol. The molecule has 0 radical (unpaired) electrons. The number of hydrogen-bond donors (Lipinski definition) is 1. The summed E-state index contributed by atoms with van der Waals surface area (Å²) in [5.41, 5.74) is 0. The van der Waals surface area contributed by atoms with Crippen molar-refractivity contribution < 1.29 is 14.6 Å². The first-order valence-electron chi connectivity index (χ1n) is 5.96. The number of carboxylic acids is 1. The molecule has 0 aromatic rings. The summed E-state index contributed by atoms with van der Waals surface area (Å²) in [5, 5.41) is 8.77. The van der Waals surface area contributed by atoms with E-state index in [1.54, 1.807) is 0 Å². The average molecular weight is 230 g/mol. The van der Waals surface area contributed by atoms with Crippen molar-refractivity contribution in [1.29, 1.82) is 0 Å². The van der Waals surface area contributed by atoms with Crippen LogP contribution in [0.5, 0.6) is 0 Å². The Morgan fingerprint density at radius 3 is 2.62 bits per heavy atom. The molecule has 0 aromatic heterocycles. The van der Waals surface area contributed by atoms with Crippen LogP contribution in [0.25, 0.3) is 0 Å². The molecule has 5 heteroatoms. The summed E-state index contributed by atoms with van der Waals surface area (Å²) in [4.78, 5) is 15.0. The molecule has 1 aliphatic heterocycles. The number of carbonyl (C=O) groups is 1. The third-order valence-corrected chi connectivity index (χ3v) is 2.73. The van der Waals surface area contributed by atoms with Gasteiger partial charge in [-0.15, -0.1) is 0 Å². The molecule has 94 valence electrons. The predicted octanol–water partition coefficient (Wildman–Crippen LogP) is 0.115. The van der Waals surface area contributed by atoms with Gasteiger partial charge in [-0.2, -0.15) is 0 Å². The zero-order valence-electron chi connectivity index (χ0n) is 10.0. The maximum atomic E-state index is 10.7. The predicted molar refractivity (Wildman–Crippen MR) is 61.6 cm³/mol. The summed E-state index contributed by atoms with van der Waals surface area (Å²) >= 11 is 0. The lowest BCUT2D eigenvalue weighted by Gasteiger charge is -2.29. The third kappa shape index (κ3) is 5.44. The van der Waals surface area contributed by atoms with Gasteiger partial charge in [0.15, 0.2) is 0 Å². The normalized spacial score (nSPS) is 17.9. The molecule has 0 aromatic carbocycles. The van der Waals surface area contributed by atoms with E-state index in [2.05, 4.69) is 11.8 Å². The molecule has 0 amide bonds. The molecule has 0 unspecified atom stereocenters. The topological polar surface area (TPSA) is 53.0 Å². The lowest BCUT2D eigenvalue weighted by atomic mass is 10.3. The van der Waals surface area contributed by atoms with E-state index in [0.29, 0.717) is 0 Å². The van der Waals surface area contributed by atoms with Crippen molar-refractivity contribution in [3.05, 3.63) is 0 Å². The van der Waals surface area contributed by atoms with Gasteiger partial charge in [0.05, 0.1) is 19.8 Å². The number of morpholine rings is 1. The standard InChI is InChI=1S/C11H22N2O3/c1-2-3-13(10-11(14)15)5-4-12-6-8-16-9-7-12/h2-10H2,1H3,(H,14,15). The van der Waals surface area contributed by atoms with E-state index in [4.69, 9.17) is 9.84 Å². The SMILES string of the molecule is CCCN(CCN1CCOCC1)CC(=O)O. The summed E-state index contributed by atoms with van der Waals surface area (Å²) in [6.45, 7) is 8.38. The molecule has 1 aliphatic rings. The van der Waals surface area contributed by atoms with Crippen LogP contribution in [-0.4, -0.2) is 73.4 Å². The van der Waals surface area contributed by atoms with Crippen LogP contribution in [-0.2, 0) is 9.53 Å². The number of nitrogens with zero attached hydrogens (tertiary/aromatic N) is 2. The van der Waals surface area contributed by atoms with Crippen LogP contribution >= 0.6 is 0 Å². The van der Waals surface area contributed by atoms with Crippen molar-refractivity contribution >= 4 is 5.97 Å². The maximum absolute atomic E-state index is 10.7. The highest BCUT2D eigenvalue weighted by Gasteiger charge is 2.13. The lowest BCUT2D eigenvalue weighted by molar-refractivity contribution is -0.138. The van der Waals surface area contributed by atoms with Crippen molar-refractivity contribution in [3.8, 4) is 0 Å². The Kier molecular flexibility index (Phi) is 6.37. The maximum Gasteiger partial charge on any atom is 0.317 e. The molecule has 1 N–H and O–H groups in total. The van der Waals surface area contributed by atoms with Crippen molar-refractivity contribution in [2.24, 2.45) is 0 Å². The van der Waals surface area contributed by atoms with E-state index in [-0.39, 0.29) is 6.54 Å². The highest BCUT2D eigenvalue weighted by Crippen LogP contribution is 1.98. The van der Waals surface area contributed by atoms with Gasteiger partial charge in [-0.3, -0.25) is 14.6 Å².